The summed E-state index contributed by atoms with van der Waals surface area (Å²) in [6.07, 6.45) is 0.854. The van der Waals surface area contributed by atoms with Gasteiger partial charge in [-0.3, -0.25) is 0 Å². The zero-order chi connectivity index (χ0) is 10.7. The highest BCUT2D eigenvalue weighted by atomic mass is 16.5. The zero-order valence-corrected chi connectivity index (χ0v) is 8.16. The Hall–Kier alpha value is -1.91. The van der Waals surface area contributed by atoms with Crippen LogP contribution < -0.4 is 20.5 Å². The number of rotatable bonds is 1. The van der Waals surface area contributed by atoms with E-state index in [9.17, 15) is 4.79 Å². The second-order valence-electron chi connectivity index (χ2n) is 3.20. The van der Waals surface area contributed by atoms with Crippen molar-refractivity contribution in [2.75, 3.05) is 18.5 Å². The van der Waals surface area contributed by atoms with Gasteiger partial charge in [0.2, 0.25) is 0 Å². The lowest BCUT2D eigenvalue weighted by Crippen LogP contribution is -2.19. The summed E-state index contributed by atoms with van der Waals surface area (Å²) in [4.78, 5) is 10.6. The van der Waals surface area contributed by atoms with Gasteiger partial charge in [-0.05, 0) is 12.1 Å². The second-order valence-corrected chi connectivity index (χ2v) is 3.20. The first-order chi connectivity index (χ1) is 7.25. The standard InChI is InChI=1S/C10H12N2O3/c11-10(13)12-7-2-3-8-9(6-7)15-5-1-4-14-8/h2-3,6H,1,4-5H2,(H3,11,12,13). The molecular weight excluding hydrogens is 196 g/mol. The van der Waals surface area contributed by atoms with Crippen molar-refractivity contribution in [3.8, 4) is 11.5 Å². The highest BCUT2D eigenvalue weighted by Crippen LogP contribution is 2.32. The number of benzene rings is 1. The Balaban J connectivity index is 2.23. The smallest absolute Gasteiger partial charge is 0.316 e. The summed E-state index contributed by atoms with van der Waals surface area (Å²) >= 11 is 0. The SMILES string of the molecule is NC(=O)Nc1ccc2c(c1)OCCCO2. The van der Waals surface area contributed by atoms with E-state index in [-0.39, 0.29) is 0 Å². The highest BCUT2D eigenvalue weighted by Gasteiger charge is 2.10. The van der Waals surface area contributed by atoms with Gasteiger partial charge in [0.05, 0.1) is 13.2 Å². The molecule has 5 heteroatoms. The zero-order valence-electron chi connectivity index (χ0n) is 8.16. The third-order valence-corrected chi connectivity index (χ3v) is 2.02. The van der Waals surface area contributed by atoms with Gasteiger partial charge in [0.25, 0.3) is 0 Å². The van der Waals surface area contributed by atoms with Gasteiger partial charge >= 0.3 is 6.03 Å². The van der Waals surface area contributed by atoms with Crippen molar-refractivity contribution in [1.29, 1.82) is 0 Å². The number of amides is 2. The summed E-state index contributed by atoms with van der Waals surface area (Å²) in [5, 5.41) is 2.48. The Labute approximate surface area is 87.2 Å². The van der Waals surface area contributed by atoms with Crippen molar-refractivity contribution in [1.82, 2.24) is 0 Å². The van der Waals surface area contributed by atoms with Crippen LogP contribution in [0.1, 0.15) is 6.42 Å². The molecule has 0 aromatic heterocycles. The highest BCUT2D eigenvalue weighted by molar-refractivity contribution is 5.88. The molecule has 0 atom stereocenters. The maximum atomic E-state index is 10.6. The lowest BCUT2D eigenvalue weighted by molar-refractivity contribution is 0.259. The molecule has 3 N–H and O–H groups in total. The molecule has 0 radical (unpaired) electrons. The van der Waals surface area contributed by atoms with E-state index in [1.54, 1.807) is 18.2 Å². The van der Waals surface area contributed by atoms with Crippen LogP contribution in [-0.2, 0) is 0 Å². The van der Waals surface area contributed by atoms with Gasteiger partial charge in [-0.2, -0.15) is 0 Å². The molecule has 80 valence electrons. The normalized spacial score (nSPS) is 14.1. The summed E-state index contributed by atoms with van der Waals surface area (Å²) < 4.78 is 10.9. The Bertz CT molecular complexity index is 379. The molecule has 5 nitrogen and oxygen atoms in total. The van der Waals surface area contributed by atoms with Crippen LogP contribution in [0.4, 0.5) is 10.5 Å². The number of nitrogens with two attached hydrogens (primary N) is 1. The van der Waals surface area contributed by atoms with E-state index in [0.29, 0.717) is 30.4 Å². The van der Waals surface area contributed by atoms with Crippen molar-refractivity contribution in [3.05, 3.63) is 18.2 Å². The maximum Gasteiger partial charge on any atom is 0.316 e. The Kier molecular flexibility index (Phi) is 2.62. The van der Waals surface area contributed by atoms with E-state index in [1.807, 2.05) is 0 Å². The summed E-state index contributed by atoms with van der Waals surface area (Å²) in [7, 11) is 0. The van der Waals surface area contributed by atoms with Gasteiger partial charge in [0, 0.05) is 18.2 Å². The predicted octanol–water partition coefficient (Wildman–Crippen LogP) is 1.34. The van der Waals surface area contributed by atoms with Gasteiger partial charge in [-0.1, -0.05) is 0 Å². The van der Waals surface area contributed by atoms with Crippen LogP contribution in [-0.4, -0.2) is 19.2 Å². The Morgan fingerprint density at radius 1 is 1.27 bits per heavy atom. The van der Waals surface area contributed by atoms with Gasteiger partial charge in [0.15, 0.2) is 11.5 Å². The fourth-order valence-corrected chi connectivity index (χ4v) is 1.38. The van der Waals surface area contributed by atoms with E-state index < -0.39 is 6.03 Å². The molecule has 0 spiro atoms. The van der Waals surface area contributed by atoms with Crippen LogP contribution in [0.3, 0.4) is 0 Å². The molecule has 15 heavy (non-hydrogen) atoms. The molecular formula is C10H12N2O3. The van der Waals surface area contributed by atoms with E-state index in [1.165, 1.54) is 0 Å². The third kappa shape index (κ3) is 2.31. The molecule has 1 aromatic rings. The Morgan fingerprint density at radius 3 is 2.73 bits per heavy atom. The van der Waals surface area contributed by atoms with Crippen LogP contribution >= 0.6 is 0 Å². The molecule has 0 aliphatic carbocycles. The quantitative estimate of drug-likeness (QED) is 0.731. The minimum atomic E-state index is -0.593. The van der Waals surface area contributed by atoms with Gasteiger partial charge in [-0.25, -0.2) is 4.79 Å². The minimum Gasteiger partial charge on any atom is -0.490 e. The number of fused-ring (bicyclic) bond motifs is 1. The molecule has 1 aliphatic heterocycles. The number of nitrogens with one attached hydrogen (secondary N) is 1. The molecule has 1 heterocycles. The molecule has 0 saturated carbocycles. The van der Waals surface area contributed by atoms with Gasteiger partial charge < -0.3 is 20.5 Å². The summed E-state index contributed by atoms with van der Waals surface area (Å²) in [5.74, 6) is 1.33. The number of hydrogen-bond acceptors (Lipinski definition) is 3. The van der Waals surface area contributed by atoms with Crippen LogP contribution in [0.15, 0.2) is 18.2 Å². The topological polar surface area (TPSA) is 73.6 Å². The number of primary amides is 1. The van der Waals surface area contributed by atoms with E-state index in [4.69, 9.17) is 15.2 Å². The number of carbonyl (C=O) groups is 1. The first-order valence-electron chi connectivity index (χ1n) is 4.72. The monoisotopic (exact) mass is 208 g/mol. The van der Waals surface area contributed by atoms with E-state index >= 15 is 0 Å². The Morgan fingerprint density at radius 2 is 2.00 bits per heavy atom. The van der Waals surface area contributed by atoms with E-state index in [0.717, 1.165) is 6.42 Å². The van der Waals surface area contributed by atoms with Crippen molar-refractivity contribution >= 4 is 11.7 Å². The summed E-state index contributed by atoms with van der Waals surface area (Å²) in [5.41, 5.74) is 5.61. The molecule has 0 bridgehead atoms. The fourth-order valence-electron chi connectivity index (χ4n) is 1.38. The lowest BCUT2D eigenvalue weighted by Gasteiger charge is -2.09. The number of urea groups is 1. The van der Waals surface area contributed by atoms with Crippen LogP contribution in [0, 0.1) is 0 Å². The van der Waals surface area contributed by atoms with Crippen molar-refractivity contribution in [3.63, 3.8) is 0 Å². The molecule has 1 aliphatic rings. The van der Waals surface area contributed by atoms with E-state index in [2.05, 4.69) is 5.32 Å². The van der Waals surface area contributed by atoms with Gasteiger partial charge in [-0.15, -0.1) is 0 Å². The minimum absolute atomic E-state index is 0.593. The summed E-state index contributed by atoms with van der Waals surface area (Å²) in [6.45, 7) is 1.27. The number of anilines is 1. The molecule has 0 saturated heterocycles. The van der Waals surface area contributed by atoms with Crippen LogP contribution in [0.2, 0.25) is 0 Å². The molecule has 2 amide bonds. The molecule has 0 unspecified atom stereocenters. The fraction of sp³-hybridized carbons (Fsp3) is 0.300. The lowest BCUT2D eigenvalue weighted by atomic mass is 10.3. The molecule has 0 fully saturated rings. The van der Waals surface area contributed by atoms with Crippen LogP contribution in [0.25, 0.3) is 0 Å². The average Bonchev–Trinajstić information content (AvgIpc) is 2.41. The number of ether oxygens (including phenoxy) is 2. The third-order valence-electron chi connectivity index (χ3n) is 2.02. The first kappa shape index (κ1) is 9.64. The maximum absolute atomic E-state index is 10.6. The number of carbonyl (C=O) groups excluding carboxylic acids is 1. The predicted molar refractivity (Wildman–Crippen MR) is 55.3 cm³/mol. The largest absolute Gasteiger partial charge is 0.490 e. The number of hydrogen-bond donors (Lipinski definition) is 2. The average molecular weight is 208 g/mol. The molecule has 2 rings (SSSR count). The van der Waals surface area contributed by atoms with Crippen molar-refractivity contribution in [2.24, 2.45) is 5.73 Å². The van der Waals surface area contributed by atoms with Crippen molar-refractivity contribution < 1.29 is 14.3 Å². The first-order valence-corrected chi connectivity index (χ1v) is 4.72. The molecule has 1 aromatic carbocycles. The van der Waals surface area contributed by atoms with Crippen molar-refractivity contribution in [2.45, 2.75) is 6.42 Å². The van der Waals surface area contributed by atoms with Crippen LogP contribution in [0.5, 0.6) is 11.5 Å². The summed E-state index contributed by atoms with van der Waals surface area (Å²) in [6, 6.07) is 4.58. The second kappa shape index (κ2) is 4.08. The van der Waals surface area contributed by atoms with Gasteiger partial charge in [0.1, 0.15) is 0 Å².